The molecule has 2 N–H and O–H groups in total. The van der Waals surface area contributed by atoms with E-state index >= 15 is 0 Å². The molecule has 0 fully saturated rings. The maximum atomic E-state index is 11.9. The summed E-state index contributed by atoms with van der Waals surface area (Å²) in [5, 5.41) is 12.8. The van der Waals surface area contributed by atoms with E-state index in [4.69, 9.17) is 27.9 Å². The third kappa shape index (κ3) is 6.48. The smallest absolute Gasteiger partial charge is 0.408 e. The molecule has 146 valence electrons. The Hall–Kier alpha value is -2.18. The number of nitrogens with zero attached hydrogens (tertiary/aromatic N) is 1. The molecule has 1 amide bonds. The first-order valence-electron chi connectivity index (χ1n) is 8.35. The lowest BCUT2D eigenvalue weighted by Crippen LogP contribution is -2.45. The molecule has 0 spiro atoms. The van der Waals surface area contributed by atoms with E-state index in [1.807, 2.05) is 29.0 Å². The fourth-order valence-corrected chi connectivity index (χ4v) is 2.80. The Balaban J connectivity index is 2.11. The third-order valence-electron chi connectivity index (χ3n) is 3.66. The van der Waals surface area contributed by atoms with Crippen molar-refractivity contribution in [3.63, 3.8) is 0 Å². The molecule has 1 atom stereocenters. The van der Waals surface area contributed by atoms with E-state index < -0.39 is 23.7 Å². The molecule has 2 rings (SSSR count). The molecule has 27 heavy (non-hydrogen) atoms. The fourth-order valence-electron chi connectivity index (χ4n) is 2.48. The van der Waals surface area contributed by atoms with Gasteiger partial charge in [-0.15, -0.1) is 0 Å². The number of carboxylic acid groups (broad SMARTS) is 1. The van der Waals surface area contributed by atoms with Crippen LogP contribution in [0.2, 0.25) is 10.0 Å². The molecule has 1 aromatic carbocycles. The first-order valence-corrected chi connectivity index (χ1v) is 9.11. The average Bonchev–Trinajstić information content (AvgIpc) is 2.95. The van der Waals surface area contributed by atoms with Crippen LogP contribution >= 0.6 is 23.2 Å². The molecule has 1 aromatic heterocycles. The van der Waals surface area contributed by atoms with Crippen molar-refractivity contribution in [1.82, 2.24) is 9.88 Å². The number of hydrogen-bond acceptors (Lipinski definition) is 3. The number of ether oxygens (including phenoxy) is 1. The van der Waals surface area contributed by atoms with Crippen molar-refractivity contribution >= 4 is 35.3 Å². The van der Waals surface area contributed by atoms with Crippen LogP contribution in [-0.4, -0.2) is 33.4 Å². The highest BCUT2D eigenvalue weighted by Gasteiger charge is 2.25. The highest BCUT2D eigenvalue weighted by molar-refractivity contribution is 6.42. The van der Waals surface area contributed by atoms with Crippen molar-refractivity contribution in [2.75, 3.05) is 0 Å². The van der Waals surface area contributed by atoms with Gasteiger partial charge >= 0.3 is 12.1 Å². The van der Waals surface area contributed by atoms with E-state index in [1.165, 1.54) is 0 Å². The fraction of sp³-hybridized carbons (Fsp3) is 0.368. The van der Waals surface area contributed by atoms with Gasteiger partial charge in [0, 0.05) is 24.9 Å². The van der Waals surface area contributed by atoms with Crippen LogP contribution in [0.15, 0.2) is 36.5 Å². The van der Waals surface area contributed by atoms with Crippen LogP contribution in [0.1, 0.15) is 32.0 Å². The van der Waals surface area contributed by atoms with Crippen molar-refractivity contribution in [3.05, 3.63) is 57.8 Å². The predicted octanol–water partition coefficient (Wildman–Crippen LogP) is 4.36. The van der Waals surface area contributed by atoms with Gasteiger partial charge in [-0.3, -0.25) is 0 Å². The maximum absolute atomic E-state index is 11.9. The molecule has 0 aliphatic heterocycles. The van der Waals surface area contributed by atoms with Gasteiger partial charge in [-0.25, -0.2) is 9.59 Å². The van der Waals surface area contributed by atoms with Crippen LogP contribution in [0.5, 0.6) is 0 Å². The first-order chi connectivity index (χ1) is 12.5. The van der Waals surface area contributed by atoms with Crippen molar-refractivity contribution in [2.45, 2.75) is 45.4 Å². The van der Waals surface area contributed by atoms with Gasteiger partial charge in [0.25, 0.3) is 0 Å². The molecule has 2 aromatic rings. The standard InChI is InChI=1S/C19H22Cl2N2O4/c1-19(2,3)27-18(26)22-16(17(24)25)10-13-5-4-8-23(13)11-12-6-7-14(20)15(21)9-12/h4-9,16H,10-11H2,1-3H3,(H,22,26)(H,24,25). The summed E-state index contributed by atoms with van der Waals surface area (Å²) in [7, 11) is 0. The minimum atomic E-state index is -1.14. The zero-order valence-corrected chi connectivity index (χ0v) is 16.8. The minimum Gasteiger partial charge on any atom is -0.480 e. The van der Waals surface area contributed by atoms with Crippen LogP contribution in [0.25, 0.3) is 0 Å². The van der Waals surface area contributed by atoms with Crippen molar-refractivity contribution in [3.8, 4) is 0 Å². The number of aromatic nitrogens is 1. The summed E-state index contributed by atoms with van der Waals surface area (Å²) in [5.41, 5.74) is 0.972. The van der Waals surface area contributed by atoms with Crippen LogP contribution in [-0.2, 0) is 22.5 Å². The Morgan fingerprint density at radius 3 is 2.52 bits per heavy atom. The van der Waals surface area contributed by atoms with E-state index in [-0.39, 0.29) is 6.42 Å². The van der Waals surface area contributed by atoms with Gasteiger partial charge in [-0.05, 0) is 50.6 Å². The molecule has 0 radical (unpaired) electrons. The molecular formula is C19H22Cl2N2O4. The number of benzene rings is 1. The average molecular weight is 413 g/mol. The molecule has 8 heteroatoms. The predicted molar refractivity (Wildman–Crippen MR) is 104 cm³/mol. The Morgan fingerprint density at radius 2 is 1.93 bits per heavy atom. The summed E-state index contributed by atoms with van der Waals surface area (Å²) >= 11 is 12.0. The Morgan fingerprint density at radius 1 is 1.22 bits per heavy atom. The van der Waals surface area contributed by atoms with Gasteiger partial charge < -0.3 is 19.7 Å². The van der Waals surface area contributed by atoms with E-state index in [0.29, 0.717) is 16.6 Å². The second kappa shape index (κ2) is 8.67. The Kier molecular flexibility index (Phi) is 6.78. The Labute approximate surface area is 168 Å². The number of amides is 1. The van der Waals surface area contributed by atoms with Gasteiger partial charge in [0.2, 0.25) is 0 Å². The maximum Gasteiger partial charge on any atom is 0.408 e. The topological polar surface area (TPSA) is 80.6 Å². The van der Waals surface area contributed by atoms with E-state index in [1.54, 1.807) is 32.9 Å². The van der Waals surface area contributed by atoms with Crippen LogP contribution in [0.3, 0.4) is 0 Å². The normalized spacial score (nSPS) is 12.5. The molecule has 1 heterocycles. The number of carbonyl (C=O) groups is 2. The lowest BCUT2D eigenvalue weighted by Gasteiger charge is -2.22. The van der Waals surface area contributed by atoms with Gasteiger partial charge in [-0.2, -0.15) is 0 Å². The zero-order chi connectivity index (χ0) is 20.2. The van der Waals surface area contributed by atoms with Crippen molar-refractivity contribution < 1.29 is 19.4 Å². The van der Waals surface area contributed by atoms with Gasteiger partial charge in [0.1, 0.15) is 11.6 Å². The number of aliphatic carboxylic acids is 1. The Bertz CT molecular complexity index is 827. The van der Waals surface area contributed by atoms with E-state index in [0.717, 1.165) is 11.3 Å². The van der Waals surface area contributed by atoms with Crippen LogP contribution in [0, 0.1) is 0 Å². The SMILES string of the molecule is CC(C)(C)OC(=O)NC(Cc1cccn1Cc1ccc(Cl)c(Cl)c1)C(=O)O. The number of alkyl carbamates (subject to hydrolysis) is 1. The van der Waals surface area contributed by atoms with E-state index in [2.05, 4.69) is 5.32 Å². The molecule has 0 bridgehead atoms. The highest BCUT2D eigenvalue weighted by Crippen LogP contribution is 2.23. The third-order valence-corrected chi connectivity index (χ3v) is 4.40. The number of rotatable bonds is 6. The number of hydrogen-bond donors (Lipinski definition) is 2. The molecule has 0 aliphatic carbocycles. The monoisotopic (exact) mass is 412 g/mol. The number of nitrogens with one attached hydrogen (secondary N) is 1. The zero-order valence-electron chi connectivity index (χ0n) is 15.3. The molecule has 0 aliphatic rings. The summed E-state index contributed by atoms with van der Waals surface area (Å²) in [6.45, 7) is 5.64. The lowest BCUT2D eigenvalue weighted by atomic mass is 10.1. The molecule has 1 unspecified atom stereocenters. The van der Waals surface area contributed by atoms with Gasteiger partial charge in [0.05, 0.1) is 10.0 Å². The molecule has 0 saturated carbocycles. The highest BCUT2D eigenvalue weighted by atomic mass is 35.5. The van der Waals surface area contributed by atoms with Crippen molar-refractivity contribution in [1.29, 1.82) is 0 Å². The first kappa shape index (κ1) is 21.1. The number of carbonyl (C=O) groups excluding carboxylic acids is 1. The van der Waals surface area contributed by atoms with Crippen molar-refractivity contribution in [2.24, 2.45) is 0 Å². The quantitative estimate of drug-likeness (QED) is 0.737. The van der Waals surface area contributed by atoms with Crippen LogP contribution < -0.4 is 5.32 Å². The number of carboxylic acids is 1. The summed E-state index contributed by atoms with van der Waals surface area (Å²) in [5.74, 6) is -1.14. The summed E-state index contributed by atoms with van der Waals surface area (Å²) in [6, 6.07) is 7.85. The van der Waals surface area contributed by atoms with Crippen LogP contribution in [0.4, 0.5) is 4.79 Å². The second-order valence-corrected chi connectivity index (χ2v) is 7.93. The summed E-state index contributed by atoms with van der Waals surface area (Å²) in [4.78, 5) is 23.5. The minimum absolute atomic E-state index is 0.114. The van der Waals surface area contributed by atoms with Gasteiger partial charge in [-0.1, -0.05) is 29.3 Å². The van der Waals surface area contributed by atoms with E-state index in [9.17, 15) is 14.7 Å². The lowest BCUT2D eigenvalue weighted by molar-refractivity contribution is -0.139. The number of halogens is 2. The second-order valence-electron chi connectivity index (χ2n) is 7.12. The van der Waals surface area contributed by atoms with Gasteiger partial charge in [0.15, 0.2) is 0 Å². The molecule has 6 nitrogen and oxygen atoms in total. The summed E-state index contributed by atoms with van der Waals surface area (Å²) in [6.07, 6.45) is 1.19. The molecular weight excluding hydrogens is 391 g/mol. The molecule has 0 saturated heterocycles. The largest absolute Gasteiger partial charge is 0.480 e. The summed E-state index contributed by atoms with van der Waals surface area (Å²) < 4.78 is 7.04.